The van der Waals surface area contributed by atoms with Crippen molar-refractivity contribution in [3.05, 3.63) is 52.5 Å². The molecule has 4 heterocycles. The molecule has 0 saturated carbocycles. The lowest BCUT2D eigenvalue weighted by Crippen LogP contribution is -2.30. The monoisotopic (exact) mass is 314 g/mol. The summed E-state index contributed by atoms with van der Waals surface area (Å²) >= 11 is 1.69. The van der Waals surface area contributed by atoms with Gasteiger partial charge < -0.3 is 13.8 Å². The van der Waals surface area contributed by atoms with Gasteiger partial charge in [0.25, 0.3) is 5.91 Å². The van der Waals surface area contributed by atoms with Crippen LogP contribution in [0.4, 0.5) is 0 Å². The highest BCUT2D eigenvalue weighted by molar-refractivity contribution is 7.10. The molecule has 1 aliphatic heterocycles. The molecule has 0 spiro atoms. The van der Waals surface area contributed by atoms with Crippen molar-refractivity contribution in [3.63, 3.8) is 0 Å². The SMILES string of the molecule is O=C(c1cc(-c2ccco2)on1)N1CCC[C@H]1c1cccs1. The van der Waals surface area contributed by atoms with Gasteiger partial charge in [0.1, 0.15) is 0 Å². The summed E-state index contributed by atoms with van der Waals surface area (Å²) in [5.74, 6) is 0.959. The second-order valence-corrected chi connectivity index (χ2v) is 6.20. The summed E-state index contributed by atoms with van der Waals surface area (Å²) in [5.41, 5.74) is 0.329. The fourth-order valence-corrected chi connectivity index (χ4v) is 3.72. The van der Waals surface area contributed by atoms with E-state index in [2.05, 4.69) is 11.2 Å². The van der Waals surface area contributed by atoms with Crippen LogP contribution in [0.25, 0.3) is 11.5 Å². The van der Waals surface area contributed by atoms with Crippen LogP contribution in [0.1, 0.15) is 34.2 Å². The number of carbonyl (C=O) groups is 1. The van der Waals surface area contributed by atoms with Crippen LogP contribution in [0.3, 0.4) is 0 Å². The Morgan fingerprint density at radius 3 is 3.05 bits per heavy atom. The van der Waals surface area contributed by atoms with Gasteiger partial charge in [0.05, 0.1) is 12.3 Å². The number of hydrogen-bond acceptors (Lipinski definition) is 5. The summed E-state index contributed by atoms with van der Waals surface area (Å²) in [7, 11) is 0. The van der Waals surface area contributed by atoms with Gasteiger partial charge in [-0.2, -0.15) is 0 Å². The highest BCUT2D eigenvalue weighted by Crippen LogP contribution is 2.35. The summed E-state index contributed by atoms with van der Waals surface area (Å²) < 4.78 is 10.5. The summed E-state index contributed by atoms with van der Waals surface area (Å²) in [6, 6.07) is 9.44. The largest absolute Gasteiger partial charge is 0.461 e. The number of thiophene rings is 1. The predicted molar refractivity (Wildman–Crippen MR) is 81.5 cm³/mol. The molecule has 6 heteroatoms. The molecular weight excluding hydrogens is 300 g/mol. The van der Waals surface area contributed by atoms with E-state index in [-0.39, 0.29) is 11.9 Å². The zero-order valence-corrected chi connectivity index (χ0v) is 12.6. The van der Waals surface area contributed by atoms with E-state index in [0.717, 1.165) is 19.4 Å². The van der Waals surface area contributed by atoms with E-state index >= 15 is 0 Å². The minimum absolute atomic E-state index is 0.0857. The van der Waals surface area contributed by atoms with Gasteiger partial charge in [-0.25, -0.2) is 0 Å². The molecule has 0 unspecified atom stereocenters. The van der Waals surface area contributed by atoms with Crippen molar-refractivity contribution in [1.82, 2.24) is 10.1 Å². The van der Waals surface area contributed by atoms with E-state index in [9.17, 15) is 4.79 Å². The van der Waals surface area contributed by atoms with Gasteiger partial charge in [-0.3, -0.25) is 4.79 Å². The Bertz CT molecular complexity index is 761. The van der Waals surface area contributed by atoms with Crippen molar-refractivity contribution < 1.29 is 13.7 Å². The number of aromatic nitrogens is 1. The Hall–Kier alpha value is -2.34. The van der Waals surface area contributed by atoms with Gasteiger partial charge in [-0.1, -0.05) is 11.2 Å². The molecule has 1 fully saturated rings. The molecule has 0 aromatic carbocycles. The van der Waals surface area contributed by atoms with Gasteiger partial charge in [0, 0.05) is 17.5 Å². The first-order valence-corrected chi connectivity index (χ1v) is 8.06. The zero-order valence-electron chi connectivity index (χ0n) is 11.8. The third kappa shape index (κ3) is 2.25. The number of carbonyl (C=O) groups excluding carboxylic acids is 1. The Balaban J connectivity index is 1.59. The summed E-state index contributed by atoms with van der Waals surface area (Å²) in [6.07, 6.45) is 3.57. The molecule has 0 N–H and O–H groups in total. The molecular formula is C16H14N2O3S. The molecule has 1 aliphatic rings. The first-order chi connectivity index (χ1) is 10.8. The van der Waals surface area contributed by atoms with Crippen LogP contribution >= 0.6 is 11.3 Å². The molecule has 5 nitrogen and oxygen atoms in total. The van der Waals surface area contributed by atoms with Crippen molar-refractivity contribution in [2.45, 2.75) is 18.9 Å². The molecule has 3 aromatic heterocycles. The second-order valence-electron chi connectivity index (χ2n) is 5.23. The van der Waals surface area contributed by atoms with Crippen molar-refractivity contribution in [3.8, 4) is 11.5 Å². The lowest BCUT2D eigenvalue weighted by Gasteiger charge is -2.22. The standard InChI is InChI=1S/C16H14N2O3S/c19-16(11-10-14(21-17-11)13-5-2-8-20-13)18-7-1-4-12(18)15-6-3-9-22-15/h2-3,5-6,8-10,12H,1,4,7H2/t12-/m0/s1. The summed E-state index contributed by atoms with van der Waals surface area (Å²) in [4.78, 5) is 15.8. The lowest BCUT2D eigenvalue weighted by atomic mass is 10.2. The van der Waals surface area contributed by atoms with Crippen LogP contribution in [0, 0.1) is 0 Å². The van der Waals surface area contributed by atoms with E-state index in [1.165, 1.54) is 4.88 Å². The minimum Gasteiger partial charge on any atom is -0.461 e. The highest BCUT2D eigenvalue weighted by atomic mass is 32.1. The van der Waals surface area contributed by atoms with E-state index in [4.69, 9.17) is 8.94 Å². The molecule has 1 amide bonds. The number of nitrogens with zero attached hydrogens (tertiary/aromatic N) is 2. The van der Waals surface area contributed by atoms with Gasteiger partial charge in [-0.15, -0.1) is 11.3 Å². The maximum absolute atomic E-state index is 12.7. The first-order valence-electron chi connectivity index (χ1n) is 7.18. The van der Waals surface area contributed by atoms with Crippen LogP contribution < -0.4 is 0 Å². The Morgan fingerprint density at radius 1 is 1.32 bits per heavy atom. The second kappa shape index (κ2) is 5.46. The van der Waals surface area contributed by atoms with Gasteiger partial charge >= 0.3 is 0 Å². The zero-order chi connectivity index (χ0) is 14.9. The van der Waals surface area contributed by atoms with Gasteiger partial charge in [0.2, 0.25) is 5.76 Å². The smallest absolute Gasteiger partial charge is 0.276 e. The van der Waals surface area contributed by atoms with Crippen LogP contribution in [-0.4, -0.2) is 22.5 Å². The average Bonchev–Trinajstić information content (AvgIpc) is 3.35. The van der Waals surface area contributed by atoms with E-state index in [1.54, 1.807) is 35.8 Å². The summed E-state index contributed by atoms with van der Waals surface area (Å²) in [6.45, 7) is 0.754. The maximum atomic E-state index is 12.7. The van der Waals surface area contributed by atoms with E-state index in [1.807, 2.05) is 16.3 Å². The third-order valence-electron chi connectivity index (χ3n) is 3.88. The van der Waals surface area contributed by atoms with Crippen LogP contribution in [-0.2, 0) is 0 Å². The summed E-state index contributed by atoms with van der Waals surface area (Å²) in [5, 5.41) is 5.95. The van der Waals surface area contributed by atoms with E-state index in [0.29, 0.717) is 17.2 Å². The van der Waals surface area contributed by atoms with Crippen LogP contribution in [0.15, 0.2) is 50.9 Å². The normalized spacial score (nSPS) is 18.0. The number of furan rings is 1. The number of rotatable bonds is 3. The van der Waals surface area contributed by atoms with Crippen molar-refractivity contribution in [2.24, 2.45) is 0 Å². The molecule has 1 saturated heterocycles. The molecule has 0 radical (unpaired) electrons. The quantitative estimate of drug-likeness (QED) is 0.734. The van der Waals surface area contributed by atoms with Gasteiger partial charge in [0.15, 0.2) is 11.5 Å². The molecule has 3 aromatic rings. The molecule has 0 aliphatic carbocycles. The first kappa shape index (κ1) is 13.3. The number of amides is 1. The van der Waals surface area contributed by atoms with Crippen molar-refractivity contribution >= 4 is 17.2 Å². The topological polar surface area (TPSA) is 59.5 Å². The average molecular weight is 314 g/mol. The van der Waals surface area contributed by atoms with E-state index < -0.39 is 0 Å². The Labute approximate surface area is 131 Å². The van der Waals surface area contributed by atoms with Crippen LogP contribution in [0.5, 0.6) is 0 Å². The predicted octanol–water partition coefficient (Wildman–Crippen LogP) is 3.97. The fraction of sp³-hybridized carbons (Fsp3) is 0.250. The molecule has 0 bridgehead atoms. The highest BCUT2D eigenvalue weighted by Gasteiger charge is 2.32. The molecule has 112 valence electrons. The van der Waals surface area contributed by atoms with Gasteiger partial charge in [-0.05, 0) is 36.4 Å². The maximum Gasteiger partial charge on any atom is 0.276 e. The molecule has 22 heavy (non-hydrogen) atoms. The number of likely N-dealkylation sites (tertiary alicyclic amines) is 1. The fourth-order valence-electron chi connectivity index (χ4n) is 2.84. The molecule has 4 rings (SSSR count). The van der Waals surface area contributed by atoms with Crippen molar-refractivity contribution in [2.75, 3.05) is 6.54 Å². The Kier molecular flexibility index (Phi) is 3.31. The number of hydrogen-bond donors (Lipinski definition) is 0. The lowest BCUT2D eigenvalue weighted by molar-refractivity contribution is 0.0727. The van der Waals surface area contributed by atoms with Crippen LogP contribution in [0.2, 0.25) is 0 Å². The molecule has 1 atom stereocenters. The Morgan fingerprint density at radius 2 is 2.27 bits per heavy atom. The minimum atomic E-state index is -0.0857. The van der Waals surface area contributed by atoms with Crippen molar-refractivity contribution in [1.29, 1.82) is 0 Å². The third-order valence-corrected chi connectivity index (χ3v) is 4.85.